The molecule has 1 amide bonds. The molecule has 1 aliphatic rings. The Bertz CT molecular complexity index is 206. The first-order valence-corrected chi connectivity index (χ1v) is 4.84. The van der Waals surface area contributed by atoms with Crippen molar-refractivity contribution in [3.8, 4) is 0 Å². The highest BCUT2D eigenvalue weighted by molar-refractivity contribution is 5.79. The normalized spacial score (nSPS) is 31.4. The minimum atomic E-state index is -0.544. The van der Waals surface area contributed by atoms with Crippen molar-refractivity contribution in [1.29, 1.82) is 0 Å². The van der Waals surface area contributed by atoms with E-state index in [1.54, 1.807) is 6.92 Å². The highest BCUT2D eigenvalue weighted by Crippen LogP contribution is 2.10. The molecule has 1 rings (SSSR count). The third-order valence-corrected chi connectivity index (χ3v) is 2.18. The van der Waals surface area contributed by atoms with Crippen LogP contribution in [-0.2, 0) is 9.53 Å². The largest absolute Gasteiger partial charge is 0.392 e. The zero-order valence-corrected chi connectivity index (χ0v) is 8.64. The number of hydrogen-bond donors (Lipinski definition) is 2. The monoisotopic (exact) mass is 202 g/mol. The molecule has 0 aromatic heterocycles. The van der Waals surface area contributed by atoms with E-state index in [2.05, 4.69) is 0 Å². The van der Waals surface area contributed by atoms with Crippen LogP contribution in [0.4, 0.5) is 0 Å². The lowest BCUT2D eigenvalue weighted by molar-refractivity contribution is -0.143. The molecule has 0 spiro atoms. The molecule has 82 valence electrons. The molecule has 1 fully saturated rings. The summed E-state index contributed by atoms with van der Waals surface area (Å²) in [4.78, 5) is 12.9. The van der Waals surface area contributed by atoms with Crippen LogP contribution in [0, 0.1) is 0 Å². The van der Waals surface area contributed by atoms with E-state index < -0.39 is 18.1 Å². The second kappa shape index (κ2) is 4.72. The van der Waals surface area contributed by atoms with Crippen LogP contribution in [0.2, 0.25) is 0 Å². The highest BCUT2D eigenvalue weighted by Gasteiger charge is 2.29. The molecular formula is C9H18N2O3. The second-order valence-corrected chi connectivity index (χ2v) is 3.91. The molecule has 1 aliphatic heterocycles. The van der Waals surface area contributed by atoms with Gasteiger partial charge in [0, 0.05) is 19.6 Å². The van der Waals surface area contributed by atoms with Crippen LogP contribution in [-0.4, -0.2) is 53.9 Å². The maximum absolute atomic E-state index is 10.9. The number of carbonyl (C=O) groups is 1. The quantitative estimate of drug-likeness (QED) is 0.612. The van der Waals surface area contributed by atoms with Crippen LogP contribution < -0.4 is 5.73 Å². The predicted octanol–water partition coefficient (Wildman–Crippen LogP) is -1.06. The van der Waals surface area contributed by atoms with Gasteiger partial charge in [-0.05, 0) is 13.8 Å². The first-order chi connectivity index (χ1) is 6.49. The fraction of sp³-hybridized carbons (Fsp3) is 0.889. The van der Waals surface area contributed by atoms with E-state index in [9.17, 15) is 9.90 Å². The van der Waals surface area contributed by atoms with Gasteiger partial charge in [0.05, 0.1) is 12.2 Å². The van der Waals surface area contributed by atoms with Gasteiger partial charge in [-0.25, -0.2) is 0 Å². The molecule has 0 bridgehead atoms. The average Bonchev–Trinajstić information content (AvgIpc) is 2.01. The van der Waals surface area contributed by atoms with Gasteiger partial charge in [-0.3, -0.25) is 9.69 Å². The van der Waals surface area contributed by atoms with E-state index in [1.807, 2.05) is 11.8 Å². The van der Waals surface area contributed by atoms with Gasteiger partial charge in [0.25, 0.3) is 0 Å². The van der Waals surface area contributed by atoms with Crippen LogP contribution in [0.1, 0.15) is 13.8 Å². The van der Waals surface area contributed by atoms with Crippen LogP contribution in [0.3, 0.4) is 0 Å². The zero-order valence-electron chi connectivity index (χ0n) is 8.64. The number of primary amides is 1. The number of nitrogens with two attached hydrogens (primary N) is 1. The van der Waals surface area contributed by atoms with Crippen molar-refractivity contribution < 1.29 is 14.6 Å². The van der Waals surface area contributed by atoms with E-state index in [1.165, 1.54) is 0 Å². The standard InChI is InChI=1S/C9H18N2O3/c1-6(12)3-11-4-7(2)14-8(5-11)9(10)13/h6-8,12H,3-5H2,1-2H3,(H2,10,13)/t6-,7?,8?/m1/s1. The van der Waals surface area contributed by atoms with Crippen LogP contribution in [0.15, 0.2) is 0 Å². The Morgan fingerprint density at radius 2 is 2.36 bits per heavy atom. The molecule has 5 nitrogen and oxygen atoms in total. The highest BCUT2D eigenvalue weighted by atomic mass is 16.5. The molecule has 3 N–H and O–H groups in total. The van der Waals surface area contributed by atoms with Crippen molar-refractivity contribution in [3.63, 3.8) is 0 Å². The van der Waals surface area contributed by atoms with Gasteiger partial charge in [-0.1, -0.05) is 0 Å². The van der Waals surface area contributed by atoms with Crippen molar-refractivity contribution in [2.24, 2.45) is 5.73 Å². The molecule has 5 heteroatoms. The predicted molar refractivity (Wildman–Crippen MR) is 51.7 cm³/mol. The number of rotatable bonds is 3. The van der Waals surface area contributed by atoms with Gasteiger partial charge in [-0.2, -0.15) is 0 Å². The Morgan fingerprint density at radius 3 is 2.86 bits per heavy atom. The molecular weight excluding hydrogens is 184 g/mol. The van der Waals surface area contributed by atoms with E-state index in [0.717, 1.165) is 6.54 Å². The summed E-state index contributed by atoms with van der Waals surface area (Å²) in [5.41, 5.74) is 5.17. The second-order valence-electron chi connectivity index (χ2n) is 3.91. The van der Waals surface area contributed by atoms with Gasteiger partial charge in [0.15, 0.2) is 0 Å². The van der Waals surface area contributed by atoms with Gasteiger partial charge in [-0.15, -0.1) is 0 Å². The molecule has 2 unspecified atom stereocenters. The molecule has 0 aromatic rings. The number of morpholine rings is 1. The number of nitrogens with zero attached hydrogens (tertiary/aromatic N) is 1. The van der Waals surface area contributed by atoms with Gasteiger partial charge in [0.2, 0.25) is 5.91 Å². The lowest BCUT2D eigenvalue weighted by atomic mass is 10.2. The van der Waals surface area contributed by atoms with E-state index >= 15 is 0 Å². The Labute approximate surface area is 83.8 Å². The summed E-state index contributed by atoms with van der Waals surface area (Å²) in [6.07, 6.45) is -0.952. The Morgan fingerprint density at radius 1 is 1.71 bits per heavy atom. The van der Waals surface area contributed by atoms with E-state index in [-0.39, 0.29) is 6.10 Å². The summed E-state index contributed by atoms with van der Waals surface area (Å²) in [5.74, 6) is -0.438. The van der Waals surface area contributed by atoms with Crippen molar-refractivity contribution >= 4 is 5.91 Å². The molecule has 0 aliphatic carbocycles. The van der Waals surface area contributed by atoms with Crippen molar-refractivity contribution in [3.05, 3.63) is 0 Å². The summed E-state index contributed by atoms with van der Waals surface area (Å²) in [6.45, 7) is 5.38. The lowest BCUT2D eigenvalue weighted by Crippen LogP contribution is -2.52. The molecule has 1 heterocycles. The molecule has 0 saturated carbocycles. The van der Waals surface area contributed by atoms with Gasteiger partial charge >= 0.3 is 0 Å². The van der Waals surface area contributed by atoms with E-state index in [0.29, 0.717) is 13.1 Å². The SMILES string of the molecule is CC1CN(C[C@@H](C)O)CC(C(N)=O)O1. The summed E-state index contributed by atoms with van der Waals surface area (Å²) in [7, 11) is 0. The number of carbonyl (C=O) groups excluding carboxylic acids is 1. The fourth-order valence-corrected chi connectivity index (χ4v) is 1.72. The third kappa shape index (κ3) is 3.25. The van der Waals surface area contributed by atoms with Gasteiger partial charge < -0.3 is 15.6 Å². The summed E-state index contributed by atoms with van der Waals surface area (Å²) in [5, 5.41) is 9.22. The molecule has 3 atom stereocenters. The third-order valence-electron chi connectivity index (χ3n) is 2.18. The fourth-order valence-electron chi connectivity index (χ4n) is 1.72. The number of β-amino-alcohol motifs (C(OH)–C–C–N with tert-alkyl or cyclic N) is 1. The zero-order chi connectivity index (χ0) is 10.7. The van der Waals surface area contributed by atoms with E-state index in [4.69, 9.17) is 10.5 Å². The summed E-state index contributed by atoms with van der Waals surface area (Å²) >= 11 is 0. The maximum atomic E-state index is 10.9. The first-order valence-electron chi connectivity index (χ1n) is 4.84. The van der Waals surface area contributed by atoms with Crippen molar-refractivity contribution in [2.75, 3.05) is 19.6 Å². The molecule has 1 saturated heterocycles. The number of ether oxygens (including phenoxy) is 1. The smallest absolute Gasteiger partial charge is 0.247 e. The number of hydrogen-bond acceptors (Lipinski definition) is 4. The minimum Gasteiger partial charge on any atom is -0.392 e. The minimum absolute atomic E-state index is 0.0139. The Kier molecular flexibility index (Phi) is 3.86. The first kappa shape index (κ1) is 11.4. The Balaban J connectivity index is 2.49. The lowest BCUT2D eigenvalue weighted by Gasteiger charge is -2.35. The maximum Gasteiger partial charge on any atom is 0.247 e. The van der Waals surface area contributed by atoms with Crippen molar-refractivity contribution in [1.82, 2.24) is 4.90 Å². The molecule has 0 aromatic carbocycles. The topological polar surface area (TPSA) is 75.8 Å². The molecule has 0 radical (unpaired) electrons. The number of aliphatic hydroxyl groups is 1. The van der Waals surface area contributed by atoms with Gasteiger partial charge in [0.1, 0.15) is 6.10 Å². The molecule has 14 heavy (non-hydrogen) atoms. The van der Waals surface area contributed by atoms with Crippen LogP contribution >= 0.6 is 0 Å². The van der Waals surface area contributed by atoms with Crippen molar-refractivity contribution in [2.45, 2.75) is 32.2 Å². The summed E-state index contributed by atoms with van der Waals surface area (Å²) < 4.78 is 5.36. The number of amides is 1. The number of aliphatic hydroxyl groups excluding tert-OH is 1. The average molecular weight is 202 g/mol. The van der Waals surface area contributed by atoms with Crippen LogP contribution in [0.25, 0.3) is 0 Å². The Hall–Kier alpha value is -0.650. The van der Waals surface area contributed by atoms with Crippen LogP contribution in [0.5, 0.6) is 0 Å². The summed E-state index contributed by atoms with van der Waals surface area (Å²) in [6, 6.07) is 0.